The first-order valence-electron chi connectivity index (χ1n) is 20.8. The number of piperidine rings is 2. The second-order valence-electron chi connectivity index (χ2n) is 16.2. The highest BCUT2D eigenvalue weighted by Crippen LogP contribution is 2.37. The molecule has 2 aromatic heterocycles. The lowest BCUT2D eigenvalue weighted by Gasteiger charge is -2.40. The first-order chi connectivity index (χ1) is 29.0. The molecule has 0 aliphatic carbocycles. The molecule has 316 valence electrons. The average molecular weight is 820 g/mol. The van der Waals surface area contributed by atoms with Crippen LogP contribution in [0, 0.1) is 5.92 Å². The minimum absolute atomic E-state index is 0.0254. The van der Waals surface area contributed by atoms with Crippen LogP contribution in [0.4, 0.5) is 11.4 Å². The monoisotopic (exact) mass is 819 g/mol. The first kappa shape index (κ1) is 42.0. The van der Waals surface area contributed by atoms with Crippen LogP contribution < -0.4 is 20.3 Å². The molecule has 5 amide bonds. The Morgan fingerprint density at radius 1 is 0.933 bits per heavy atom. The van der Waals surface area contributed by atoms with Gasteiger partial charge in [0.25, 0.3) is 17.7 Å². The van der Waals surface area contributed by atoms with Crippen molar-refractivity contribution in [1.29, 1.82) is 0 Å². The third-order valence-electron chi connectivity index (χ3n) is 11.9. The molecule has 16 heteroatoms. The van der Waals surface area contributed by atoms with E-state index in [-0.39, 0.29) is 42.7 Å². The zero-order chi connectivity index (χ0) is 42.5. The average Bonchev–Trinajstić information content (AvgIpc) is 3.90. The molecular weight excluding hydrogens is 767 g/mol. The quantitative estimate of drug-likeness (QED) is 0.144. The number of ether oxygens (including phenoxy) is 1. The van der Waals surface area contributed by atoms with Gasteiger partial charge >= 0.3 is 0 Å². The molecule has 16 nitrogen and oxygen atoms in total. The van der Waals surface area contributed by atoms with Gasteiger partial charge in [-0.2, -0.15) is 5.10 Å². The van der Waals surface area contributed by atoms with Crippen molar-refractivity contribution in [3.8, 4) is 5.75 Å². The number of hydrogen-bond donors (Lipinski definition) is 2. The molecule has 0 spiro atoms. The summed E-state index contributed by atoms with van der Waals surface area (Å²) in [5, 5.41) is 9.22. The summed E-state index contributed by atoms with van der Waals surface area (Å²) in [5.41, 5.74) is 5.59. The van der Waals surface area contributed by atoms with Crippen molar-refractivity contribution in [2.45, 2.75) is 84.0 Å². The number of fused-ring (bicyclic) bond motifs is 3. The van der Waals surface area contributed by atoms with Crippen LogP contribution in [0.15, 0.2) is 55.0 Å². The number of carbonyl (C=O) groups is 6. The molecule has 2 N–H and O–H groups in total. The van der Waals surface area contributed by atoms with Gasteiger partial charge in [-0.1, -0.05) is 0 Å². The Morgan fingerprint density at radius 3 is 2.38 bits per heavy atom. The maximum atomic E-state index is 13.5. The van der Waals surface area contributed by atoms with Crippen LogP contribution in [-0.4, -0.2) is 124 Å². The number of nitrogens with zero attached hydrogens (tertiary/aromatic N) is 7. The van der Waals surface area contributed by atoms with Crippen molar-refractivity contribution in [1.82, 2.24) is 34.6 Å². The third-order valence-corrected chi connectivity index (χ3v) is 11.9. The van der Waals surface area contributed by atoms with Crippen molar-refractivity contribution in [2.75, 3.05) is 50.0 Å². The minimum atomic E-state index is -0.467. The Morgan fingerprint density at radius 2 is 1.68 bits per heavy atom. The smallest absolute Gasteiger partial charge is 0.261 e. The SMILES string of the molecule is CNc1cc2c(cc1OC(C)C)C(=O)N(C1CCN(CC3CCN(c4ccc5c(c4)C(=O)N(C(C)CCC(=O)NC=O)C5=O)CC3)CC1)C2.O=Cc1cnn2cccnc12. The Bertz CT molecular complexity index is 2260. The van der Waals surface area contributed by atoms with Gasteiger partial charge in [-0.05, 0) is 101 Å². The molecule has 4 aliphatic rings. The van der Waals surface area contributed by atoms with Crippen molar-refractivity contribution in [3.63, 3.8) is 0 Å². The van der Waals surface area contributed by atoms with Crippen molar-refractivity contribution >= 4 is 53.3 Å². The second kappa shape index (κ2) is 18.4. The lowest BCUT2D eigenvalue weighted by atomic mass is 9.94. The molecule has 0 saturated carbocycles. The zero-order valence-electron chi connectivity index (χ0n) is 34.6. The van der Waals surface area contributed by atoms with Crippen LogP contribution in [-0.2, 0) is 16.1 Å². The molecule has 2 saturated heterocycles. The van der Waals surface area contributed by atoms with Crippen LogP contribution in [0.25, 0.3) is 5.65 Å². The molecule has 8 rings (SSSR count). The largest absolute Gasteiger partial charge is 0.489 e. The van der Waals surface area contributed by atoms with Crippen LogP contribution in [0.1, 0.15) is 106 Å². The Kier molecular flexibility index (Phi) is 12.9. The summed E-state index contributed by atoms with van der Waals surface area (Å²) in [7, 11) is 1.88. The first-order valence-corrected chi connectivity index (χ1v) is 20.8. The predicted molar refractivity (Wildman–Crippen MR) is 224 cm³/mol. The fraction of sp³-hybridized carbons (Fsp3) is 0.455. The maximum Gasteiger partial charge on any atom is 0.261 e. The van der Waals surface area contributed by atoms with E-state index >= 15 is 0 Å². The minimum Gasteiger partial charge on any atom is -0.489 e. The molecule has 1 atom stereocenters. The predicted octanol–water partition coefficient (Wildman–Crippen LogP) is 4.43. The van der Waals surface area contributed by atoms with E-state index in [4.69, 9.17) is 4.74 Å². The molecular formula is C44H53N9O7. The zero-order valence-corrected chi connectivity index (χ0v) is 34.6. The second-order valence-corrected chi connectivity index (χ2v) is 16.2. The van der Waals surface area contributed by atoms with E-state index in [1.54, 1.807) is 36.0 Å². The van der Waals surface area contributed by atoms with E-state index in [0.717, 1.165) is 92.9 Å². The lowest BCUT2D eigenvalue weighted by Crippen LogP contribution is -2.47. The highest BCUT2D eigenvalue weighted by Gasteiger charge is 2.40. The summed E-state index contributed by atoms with van der Waals surface area (Å²) in [6, 6.07) is 11.0. The van der Waals surface area contributed by atoms with E-state index in [0.29, 0.717) is 41.2 Å². The van der Waals surface area contributed by atoms with Crippen LogP contribution in [0.2, 0.25) is 0 Å². The number of benzene rings is 2. The van der Waals surface area contributed by atoms with Crippen LogP contribution in [0.3, 0.4) is 0 Å². The molecule has 4 aromatic rings. The van der Waals surface area contributed by atoms with Crippen LogP contribution in [0.5, 0.6) is 5.75 Å². The van der Waals surface area contributed by atoms with Gasteiger partial charge in [0.2, 0.25) is 12.3 Å². The summed E-state index contributed by atoms with van der Waals surface area (Å²) >= 11 is 0. The van der Waals surface area contributed by atoms with Gasteiger partial charge in [-0.3, -0.25) is 39.0 Å². The Hall–Kier alpha value is -6.16. The normalized spacial score (nSPS) is 17.7. The maximum absolute atomic E-state index is 13.5. The van der Waals surface area contributed by atoms with Gasteiger partial charge in [0.15, 0.2) is 11.9 Å². The number of aldehydes is 1. The summed E-state index contributed by atoms with van der Waals surface area (Å²) in [4.78, 5) is 84.5. The third kappa shape index (κ3) is 8.88. The van der Waals surface area contributed by atoms with Gasteiger partial charge in [-0.15, -0.1) is 0 Å². The highest BCUT2D eigenvalue weighted by atomic mass is 16.5. The van der Waals surface area contributed by atoms with E-state index in [2.05, 4.69) is 41.5 Å². The van der Waals surface area contributed by atoms with E-state index < -0.39 is 11.9 Å². The van der Waals surface area contributed by atoms with Gasteiger partial charge in [0, 0.05) is 88.5 Å². The molecule has 2 aromatic carbocycles. The van der Waals surface area contributed by atoms with E-state index in [9.17, 15) is 28.8 Å². The molecule has 2 fully saturated rings. The Balaban J connectivity index is 0.000000425. The standard InChI is InChI=1S/C37H48N6O6.C7H5N3O/c1-23(2)49-33-19-30-26(17-32(33)38-4)21-42(35(30)46)27-11-13-40(14-12-27)20-25-9-15-41(16-10-25)28-6-7-29-31(18-28)37(48)43(36(29)47)24(3)5-8-34(45)39-22-44;11-5-6-4-9-10-3-1-2-8-7(6)10/h6-7,17-19,22-25,27,38H,5,8-16,20-21H2,1-4H3,(H,39,44,45);1-5H. The van der Waals surface area contributed by atoms with Crippen molar-refractivity contribution in [3.05, 3.63) is 82.8 Å². The number of likely N-dealkylation sites (tertiary alicyclic amines) is 1. The fourth-order valence-corrected chi connectivity index (χ4v) is 8.74. The number of aromatic nitrogens is 3. The highest BCUT2D eigenvalue weighted by molar-refractivity contribution is 6.22. The topological polar surface area (TPSA) is 179 Å². The van der Waals surface area contributed by atoms with E-state index in [1.807, 2.05) is 39.1 Å². The molecule has 60 heavy (non-hydrogen) atoms. The van der Waals surface area contributed by atoms with E-state index in [1.165, 1.54) is 11.1 Å². The number of anilines is 2. The molecule has 4 aliphatic heterocycles. The number of imide groups is 2. The molecule has 6 heterocycles. The van der Waals surface area contributed by atoms with Gasteiger partial charge in [-0.25, -0.2) is 9.50 Å². The Labute approximate surface area is 349 Å². The van der Waals surface area contributed by atoms with Crippen molar-refractivity contribution < 1.29 is 33.5 Å². The summed E-state index contributed by atoms with van der Waals surface area (Å²) < 4.78 is 7.54. The number of carbonyl (C=O) groups excluding carboxylic acids is 6. The fourth-order valence-electron chi connectivity index (χ4n) is 8.74. The number of amides is 5. The lowest BCUT2D eigenvalue weighted by molar-refractivity contribution is -0.125. The van der Waals surface area contributed by atoms with Crippen molar-refractivity contribution in [2.24, 2.45) is 5.92 Å². The number of nitrogens with one attached hydrogen (secondary N) is 2. The van der Waals surface area contributed by atoms with Crippen LogP contribution >= 0.6 is 0 Å². The summed E-state index contributed by atoms with van der Waals surface area (Å²) in [6.07, 6.45) is 10.3. The number of rotatable bonds is 13. The molecule has 0 radical (unpaired) electrons. The molecule has 1 unspecified atom stereocenters. The number of hydrogen-bond acceptors (Lipinski definition) is 12. The van der Waals surface area contributed by atoms with Gasteiger partial charge in [0.1, 0.15) is 5.75 Å². The molecule has 0 bridgehead atoms. The summed E-state index contributed by atoms with van der Waals surface area (Å²) in [5.74, 6) is 0.293. The van der Waals surface area contributed by atoms with Gasteiger partial charge in [0.05, 0.1) is 34.7 Å². The van der Waals surface area contributed by atoms with Gasteiger partial charge < -0.3 is 24.8 Å². The summed E-state index contributed by atoms with van der Waals surface area (Å²) in [6.45, 7) is 11.1.